The van der Waals surface area contributed by atoms with E-state index in [-0.39, 0.29) is 18.1 Å². The van der Waals surface area contributed by atoms with Crippen LogP contribution in [-0.2, 0) is 6.61 Å². The molecule has 0 aliphatic rings. The molecule has 43 heavy (non-hydrogen) atoms. The number of ether oxygens (including phenoxy) is 2. The first kappa shape index (κ1) is 30.8. The van der Waals surface area contributed by atoms with E-state index in [9.17, 15) is 4.79 Å². The van der Waals surface area contributed by atoms with Crippen molar-refractivity contribution in [3.8, 4) is 22.9 Å². The summed E-state index contributed by atoms with van der Waals surface area (Å²) in [6, 6.07) is 22.2. The number of para-hydroxylation sites is 1. The first-order valence-electron chi connectivity index (χ1n) is 13.9. The molecule has 0 saturated heterocycles. The number of fused-ring (bicyclic) bond motifs is 1. The van der Waals surface area contributed by atoms with Crippen molar-refractivity contribution in [2.24, 2.45) is 5.10 Å². The van der Waals surface area contributed by atoms with Gasteiger partial charge in [-0.05, 0) is 85.5 Å². The Morgan fingerprint density at radius 2 is 1.79 bits per heavy atom. The maximum atomic E-state index is 13.9. The lowest BCUT2D eigenvalue weighted by molar-refractivity contribution is 0.306. The minimum atomic E-state index is -0.276. The molecule has 0 atom stereocenters. The van der Waals surface area contributed by atoms with Crippen molar-refractivity contribution >= 4 is 56.2 Å². The second kappa shape index (κ2) is 13.3. The molecule has 4 aromatic carbocycles. The van der Waals surface area contributed by atoms with E-state index in [1.807, 2.05) is 62.4 Å². The molecule has 0 unspecified atom stereocenters. The van der Waals surface area contributed by atoms with E-state index in [0.717, 1.165) is 32.5 Å². The zero-order chi connectivity index (χ0) is 30.7. The van der Waals surface area contributed by atoms with Gasteiger partial charge in [0.1, 0.15) is 18.1 Å². The Labute approximate surface area is 269 Å². The summed E-state index contributed by atoms with van der Waals surface area (Å²) in [6.45, 7) is 8.96. The van der Waals surface area contributed by atoms with Gasteiger partial charge in [-0.25, -0.2) is 4.98 Å². The van der Waals surface area contributed by atoms with Crippen molar-refractivity contribution in [2.75, 3.05) is 6.61 Å². The maximum Gasteiger partial charge on any atom is 0.282 e. The van der Waals surface area contributed by atoms with E-state index in [1.165, 1.54) is 4.68 Å². The molecule has 0 spiro atoms. The lowest BCUT2D eigenvalue weighted by atomic mass is 9.96. The van der Waals surface area contributed by atoms with Crippen molar-refractivity contribution in [3.05, 3.63) is 120 Å². The topological polar surface area (TPSA) is 65.7 Å². The number of aromatic nitrogens is 2. The van der Waals surface area contributed by atoms with E-state index in [4.69, 9.17) is 42.8 Å². The summed E-state index contributed by atoms with van der Waals surface area (Å²) >= 11 is 16.0. The van der Waals surface area contributed by atoms with Crippen LogP contribution in [0.25, 0.3) is 22.3 Å². The van der Waals surface area contributed by atoms with Gasteiger partial charge in [-0.3, -0.25) is 4.79 Å². The molecule has 0 aliphatic heterocycles. The Balaban J connectivity index is 1.63. The highest BCUT2D eigenvalue weighted by atomic mass is 79.9. The standard InChI is InChI=1S/C34H30BrCl2N3O3/c1-5-42-32-14-21(4)28(17-27(32)20(2)3)33-39-30-9-7-6-8-26(30)34(41)40(33)38-18-23-15-24(35)11-13-31(23)43-19-22-10-12-25(36)16-29(22)37/h6-18,20H,5,19H2,1-4H3. The Bertz CT molecular complexity index is 1900. The summed E-state index contributed by atoms with van der Waals surface area (Å²) in [6.07, 6.45) is 1.61. The molecule has 0 fully saturated rings. The largest absolute Gasteiger partial charge is 0.494 e. The number of nitrogens with zero attached hydrogens (tertiary/aromatic N) is 3. The summed E-state index contributed by atoms with van der Waals surface area (Å²) in [5, 5.41) is 6.25. The molecule has 0 aliphatic carbocycles. The minimum Gasteiger partial charge on any atom is -0.494 e. The summed E-state index contributed by atoms with van der Waals surface area (Å²) in [4.78, 5) is 18.8. The zero-order valence-corrected chi connectivity index (χ0v) is 27.3. The molecule has 9 heteroatoms. The lowest BCUT2D eigenvalue weighted by Gasteiger charge is -2.18. The van der Waals surface area contributed by atoms with Crippen LogP contribution in [0.15, 0.2) is 87.2 Å². The second-order valence-electron chi connectivity index (χ2n) is 10.3. The van der Waals surface area contributed by atoms with Crippen molar-refractivity contribution in [3.63, 3.8) is 0 Å². The van der Waals surface area contributed by atoms with Gasteiger partial charge in [0.05, 0.1) is 23.7 Å². The molecule has 6 nitrogen and oxygen atoms in total. The van der Waals surface area contributed by atoms with Gasteiger partial charge in [0.15, 0.2) is 5.82 Å². The molecular formula is C34H30BrCl2N3O3. The van der Waals surface area contributed by atoms with Crippen LogP contribution in [0.3, 0.4) is 0 Å². The number of aryl methyl sites for hydroxylation is 1. The van der Waals surface area contributed by atoms with E-state index < -0.39 is 0 Å². The average Bonchev–Trinajstić information content (AvgIpc) is 2.97. The van der Waals surface area contributed by atoms with E-state index in [2.05, 4.69) is 35.8 Å². The fourth-order valence-electron chi connectivity index (χ4n) is 4.74. The monoisotopic (exact) mass is 677 g/mol. The predicted molar refractivity (Wildman–Crippen MR) is 179 cm³/mol. The first-order chi connectivity index (χ1) is 20.7. The molecule has 0 amide bonds. The number of benzene rings is 4. The van der Waals surface area contributed by atoms with E-state index in [0.29, 0.717) is 44.7 Å². The van der Waals surface area contributed by atoms with Crippen LogP contribution in [0, 0.1) is 6.92 Å². The SMILES string of the molecule is CCOc1cc(C)c(-c2nc3ccccc3c(=O)n2N=Cc2cc(Br)ccc2OCc2ccc(Cl)cc2Cl)cc1C(C)C. The Morgan fingerprint density at radius 3 is 2.53 bits per heavy atom. The van der Waals surface area contributed by atoms with Crippen LogP contribution in [-0.4, -0.2) is 22.5 Å². The molecule has 0 bridgehead atoms. The van der Waals surface area contributed by atoms with Gasteiger partial charge >= 0.3 is 0 Å². The van der Waals surface area contributed by atoms with E-state index in [1.54, 1.807) is 24.4 Å². The number of hydrogen-bond donors (Lipinski definition) is 0. The van der Waals surface area contributed by atoms with Gasteiger partial charge in [-0.15, -0.1) is 0 Å². The fraction of sp³-hybridized carbons (Fsp3) is 0.206. The highest BCUT2D eigenvalue weighted by molar-refractivity contribution is 9.10. The third-order valence-electron chi connectivity index (χ3n) is 6.96. The van der Waals surface area contributed by atoms with Gasteiger partial charge in [0.25, 0.3) is 5.56 Å². The Morgan fingerprint density at radius 1 is 1.00 bits per heavy atom. The molecule has 0 radical (unpaired) electrons. The minimum absolute atomic E-state index is 0.195. The third kappa shape index (κ3) is 6.80. The molecule has 0 saturated carbocycles. The van der Waals surface area contributed by atoms with Gasteiger partial charge in [0, 0.05) is 31.2 Å². The molecule has 220 valence electrons. The summed E-state index contributed by atoms with van der Waals surface area (Å²) in [5.74, 6) is 2.03. The predicted octanol–water partition coefficient (Wildman–Crippen LogP) is 9.42. The summed E-state index contributed by atoms with van der Waals surface area (Å²) in [5.41, 5.74) is 4.53. The van der Waals surface area contributed by atoms with Crippen LogP contribution in [0.1, 0.15) is 48.9 Å². The van der Waals surface area contributed by atoms with Crippen LogP contribution in [0.2, 0.25) is 10.0 Å². The van der Waals surface area contributed by atoms with Gasteiger partial charge in [-0.1, -0.05) is 71.2 Å². The molecule has 5 aromatic rings. The van der Waals surface area contributed by atoms with Crippen LogP contribution in [0.5, 0.6) is 11.5 Å². The fourth-order valence-corrected chi connectivity index (χ4v) is 5.58. The second-order valence-corrected chi connectivity index (χ2v) is 12.1. The Hall–Kier alpha value is -3.65. The molecule has 5 rings (SSSR count). The van der Waals surface area contributed by atoms with Crippen LogP contribution < -0.4 is 15.0 Å². The molecule has 1 aromatic heterocycles. The summed E-state index contributed by atoms with van der Waals surface area (Å²) in [7, 11) is 0. The maximum absolute atomic E-state index is 13.9. The number of rotatable bonds is 9. The zero-order valence-electron chi connectivity index (χ0n) is 24.2. The van der Waals surface area contributed by atoms with Crippen molar-refractivity contribution in [1.82, 2.24) is 9.66 Å². The quantitative estimate of drug-likeness (QED) is 0.146. The lowest BCUT2D eigenvalue weighted by Crippen LogP contribution is -2.21. The van der Waals surface area contributed by atoms with E-state index >= 15 is 0 Å². The van der Waals surface area contributed by atoms with Crippen molar-refractivity contribution in [2.45, 2.75) is 40.2 Å². The smallest absolute Gasteiger partial charge is 0.282 e. The van der Waals surface area contributed by atoms with Crippen molar-refractivity contribution < 1.29 is 9.47 Å². The van der Waals surface area contributed by atoms with Gasteiger partial charge < -0.3 is 9.47 Å². The van der Waals surface area contributed by atoms with Gasteiger partial charge in [0.2, 0.25) is 0 Å². The average molecular weight is 679 g/mol. The highest BCUT2D eigenvalue weighted by Crippen LogP contribution is 2.34. The first-order valence-corrected chi connectivity index (χ1v) is 15.4. The summed E-state index contributed by atoms with van der Waals surface area (Å²) < 4.78 is 14.3. The van der Waals surface area contributed by atoms with Gasteiger partial charge in [-0.2, -0.15) is 9.78 Å². The van der Waals surface area contributed by atoms with Crippen LogP contribution in [0.4, 0.5) is 0 Å². The molecule has 1 heterocycles. The third-order valence-corrected chi connectivity index (χ3v) is 8.04. The van der Waals surface area contributed by atoms with Crippen LogP contribution >= 0.6 is 39.1 Å². The normalized spacial score (nSPS) is 11.5. The Kier molecular flexibility index (Phi) is 9.55. The highest BCUT2D eigenvalue weighted by Gasteiger charge is 2.19. The molecular weight excluding hydrogens is 649 g/mol. The number of hydrogen-bond acceptors (Lipinski definition) is 5. The molecule has 0 N–H and O–H groups in total. The number of halogens is 3. The van der Waals surface area contributed by atoms with Crippen molar-refractivity contribution in [1.29, 1.82) is 0 Å².